The number of esters is 2. The summed E-state index contributed by atoms with van der Waals surface area (Å²) in [6.45, 7) is 1.69. The van der Waals surface area contributed by atoms with E-state index in [-0.39, 0.29) is 50.0 Å². The van der Waals surface area contributed by atoms with Crippen molar-refractivity contribution >= 4 is 23.5 Å². The van der Waals surface area contributed by atoms with Gasteiger partial charge in [-0.2, -0.15) is 0 Å². The number of Topliss-reactive ketones (excluding diaryl/α,β-unsaturated/α-hetero) is 2. The Labute approximate surface area is 488 Å². The molecule has 0 saturated heterocycles. The SMILES string of the molecule is COc1ccc(CC2c3cc(OC)c(OC)cc3CC[N+]2(C)CC(C(=O)OCCCCCOC(=O)C(C[N+]2(C)CCc3cc(OC)c(OC)cc3C2Cc2ccc(OC)c(OC)c2)C(=O)c2ccccc2)C(=O)c2ccccc2)cc1OC. The van der Waals surface area contributed by atoms with Crippen LogP contribution in [0.15, 0.2) is 121 Å². The van der Waals surface area contributed by atoms with Gasteiger partial charge in [0.15, 0.2) is 69.4 Å². The van der Waals surface area contributed by atoms with Crippen molar-refractivity contribution in [2.75, 3.05) is 110 Å². The minimum Gasteiger partial charge on any atom is -0.493 e. The number of carbonyl (C=O) groups is 4. The van der Waals surface area contributed by atoms with Gasteiger partial charge in [-0.15, -0.1) is 0 Å². The molecule has 0 fully saturated rings. The van der Waals surface area contributed by atoms with Crippen LogP contribution in [-0.4, -0.2) is 143 Å². The third-order valence-electron chi connectivity index (χ3n) is 16.8. The van der Waals surface area contributed by atoms with Crippen molar-refractivity contribution in [3.63, 3.8) is 0 Å². The second-order valence-corrected chi connectivity index (χ2v) is 21.9. The number of methoxy groups -OCH3 is 8. The quantitative estimate of drug-likeness (QED) is 0.0150. The fourth-order valence-electron chi connectivity index (χ4n) is 12.1. The van der Waals surface area contributed by atoms with Gasteiger partial charge in [0.2, 0.25) is 0 Å². The predicted octanol–water partition coefficient (Wildman–Crippen LogP) is 10.3. The highest BCUT2D eigenvalue weighted by Gasteiger charge is 2.47. The van der Waals surface area contributed by atoms with Gasteiger partial charge in [0.25, 0.3) is 0 Å². The van der Waals surface area contributed by atoms with Crippen LogP contribution in [0.3, 0.4) is 0 Å². The van der Waals surface area contributed by atoms with Crippen molar-refractivity contribution in [2.45, 2.75) is 57.0 Å². The molecule has 16 heteroatoms. The number of likely N-dealkylation sites (N-methyl/N-ethyl adjacent to an activating group) is 2. The monoisotopic (exact) mass is 1140 g/mol. The van der Waals surface area contributed by atoms with Crippen LogP contribution in [0.1, 0.15) is 85.4 Å². The first-order chi connectivity index (χ1) is 40.1. The molecular formula is C67H80N2O14+2. The fourth-order valence-corrected chi connectivity index (χ4v) is 12.1. The topological polar surface area (TPSA) is 161 Å². The molecule has 0 aliphatic carbocycles. The number of carbonyl (C=O) groups excluding carboxylic acids is 4. The van der Waals surface area contributed by atoms with Crippen LogP contribution in [0.25, 0.3) is 0 Å². The average molecular weight is 1140 g/mol. The first-order valence-electron chi connectivity index (χ1n) is 28.3. The summed E-state index contributed by atoms with van der Waals surface area (Å²) < 4.78 is 58.4. The van der Waals surface area contributed by atoms with Gasteiger partial charge in [-0.1, -0.05) is 72.8 Å². The summed E-state index contributed by atoms with van der Waals surface area (Å²) in [5.41, 5.74) is 7.08. The summed E-state index contributed by atoms with van der Waals surface area (Å²) in [5.74, 6) is 0.752. The summed E-state index contributed by atoms with van der Waals surface area (Å²) >= 11 is 0. The number of fused-ring (bicyclic) bond motifs is 2. The largest absolute Gasteiger partial charge is 0.493 e. The number of rotatable bonds is 28. The second-order valence-electron chi connectivity index (χ2n) is 21.9. The number of quaternary nitrogens is 2. The normalized spacial score (nSPS) is 18.7. The van der Waals surface area contributed by atoms with Crippen LogP contribution < -0.4 is 37.9 Å². The van der Waals surface area contributed by atoms with Crippen LogP contribution in [0.4, 0.5) is 0 Å². The Kier molecular flexibility index (Phi) is 20.4. The van der Waals surface area contributed by atoms with Gasteiger partial charge in [0.05, 0.1) is 97.3 Å². The summed E-state index contributed by atoms with van der Waals surface area (Å²) in [6, 6.07) is 37.1. The van der Waals surface area contributed by atoms with E-state index in [1.807, 2.05) is 72.8 Å². The molecule has 0 amide bonds. The molecule has 6 atom stereocenters. The molecule has 6 aromatic carbocycles. The van der Waals surface area contributed by atoms with Gasteiger partial charge in [-0.05, 0) is 90.0 Å². The van der Waals surface area contributed by atoms with Crippen LogP contribution in [-0.2, 0) is 44.7 Å². The standard InChI is InChI=1S/C67H80N2O14/c1-68(30-28-48-38-60(78-7)62(80-9)40-50(48)54(68)34-44-24-26-56(74-3)58(36-44)76-5)42-52(64(70)46-20-14-11-15-21-46)66(72)82-32-18-13-19-33-83-67(73)53(65(71)47-22-16-12-17-23-47)43-69(2)31-29-49-39-61(79-8)63(81-10)41-51(49)55(69)35-45-25-27-57(75-4)59(37-45)77-6/h11-12,14-17,20-27,36-41,52-55H,13,18-19,28-35,42-43H2,1-10H3/q+2. The lowest BCUT2D eigenvalue weighted by molar-refractivity contribution is -0.942. The minimum absolute atomic E-state index is 0.0501. The predicted molar refractivity (Wildman–Crippen MR) is 315 cm³/mol. The van der Waals surface area contributed by atoms with E-state index in [9.17, 15) is 19.2 Å². The van der Waals surface area contributed by atoms with E-state index in [0.717, 1.165) is 33.4 Å². The molecule has 440 valence electrons. The second kappa shape index (κ2) is 27.8. The lowest BCUT2D eigenvalue weighted by Gasteiger charge is -2.47. The van der Waals surface area contributed by atoms with Crippen molar-refractivity contribution < 1.29 is 75.5 Å². The number of hydrogen-bond acceptors (Lipinski definition) is 14. The molecule has 0 radical (unpaired) electrons. The molecule has 8 rings (SSSR count). The smallest absolute Gasteiger partial charge is 0.322 e. The van der Waals surface area contributed by atoms with Crippen LogP contribution >= 0.6 is 0 Å². The van der Waals surface area contributed by atoms with Gasteiger partial charge in [0.1, 0.15) is 25.2 Å². The third-order valence-corrected chi connectivity index (χ3v) is 16.8. The van der Waals surface area contributed by atoms with Crippen molar-refractivity contribution in [2.24, 2.45) is 11.8 Å². The highest BCUT2D eigenvalue weighted by Crippen LogP contribution is 2.46. The maximum absolute atomic E-state index is 14.6. The van der Waals surface area contributed by atoms with Gasteiger partial charge in [-0.25, -0.2) is 0 Å². The number of unbranched alkanes of at least 4 members (excludes halogenated alkanes) is 2. The molecule has 6 aromatic rings. The van der Waals surface area contributed by atoms with Crippen LogP contribution in [0.5, 0.6) is 46.0 Å². The summed E-state index contributed by atoms with van der Waals surface area (Å²) in [6.07, 6.45) is 3.87. The number of ketones is 2. The molecule has 83 heavy (non-hydrogen) atoms. The first kappa shape index (κ1) is 61.0. The number of benzene rings is 6. The highest BCUT2D eigenvalue weighted by atomic mass is 16.5. The van der Waals surface area contributed by atoms with Crippen LogP contribution in [0, 0.1) is 11.8 Å². The zero-order valence-corrected chi connectivity index (χ0v) is 49.7. The Hall–Kier alpha value is -8.08. The van der Waals surface area contributed by atoms with Crippen molar-refractivity contribution in [3.8, 4) is 46.0 Å². The maximum Gasteiger partial charge on any atom is 0.322 e. The first-order valence-corrected chi connectivity index (χ1v) is 28.3. The van der Waals surface area contributed by atoms with E-state index in [0.29, 0.717) is 124 Å². The Morgan fingerprint density at radius 2 is 0.759 bits per heavy atom. The molecule has 6 unspecified atom stereocenters. The van der Waals surface area contributed by atoms with Crippen molar-refractivity contribution in [1.82, 2.24) is 0 Å². The Morgan fingerprint density at radius 3 is 1.11 bits per heavy atom. The van der Waals surface area contributed by atoms with Gasteiger partial charge < -0.3 is 56.3 Å². The molecule has 16 nitrogen and oxygen atoms in total. The van der Waals surface area contributed by atoms with E-state index >= 15 is 0 Å². The third kappa shape index (κ3) is 13.9. The summed E-state index contributed by atoms with van der Waals surface area (Å²) in [7, 11) is 17.1. The fraction of sp³-hybridized carbons (Fsp3) is 0.403. The molecule has 0 saturated carbocycles. The average Bonchev–Trinajstić information content (AvgIpc) is 2.93. The van der Waals surface area contributed by atoms with E-state index in [2.05, 4.69) is 14.1 Å². The summed E-state index contributed by atoms with van der Waals surface area (Å²) in [5, 5.41) is 0. The van der Waals surface area contributed by atoms with Crippen molar-refractivity contribution in [1.29, 1.82) is 0 Å². The van der Waals surface area contributed by atoms with E-state index < -0.39 is 23.8 Å². The molecule has 2 heterocycles. The van der Waals surface area contributed by atoms with E-state index in [1.54, 1.807) is 105 Å². The Balaban J connectivity index is 0.971. The van der Waals surface area contributed by atoms with Gasteiger partial charge >= 0.3 is 11.9 Å². The number of hydrogen-bond donors (Lipinski definition) is 0. The highest BCUT2D eigenvalue weighted by molar-refractivity contribution is 6.09. The van der Waals surface area contributed by atoms with Gasteiger partial charge in [0, 0.05) is 47.9 Å². The lowest BCUT2D eigenvalue weighted by atomic mass is 9.84. The Morgan fingerprint density at radius 1 is 0.422 bits per heavy atom. The summed E-state index contributed by atoms with van der Waals surface area (Å²) in [4.78, 5) is 58.2. The molecule has 0 aromatic heterocycles. The number of ether oxygens (including phenoxy) is 10. The molecule has 0 spiro atoms. The van der Waals surface area contributed by atoms with Gasteiger partial charge in [-0.3, -0.25) is 19.2 Å². The zero-order chi connectivity index (χ0) is 59.3. The lowest BCUT2D eigenvalue weighted by Crippen LogP contribution is -2.56. The Bertz CT molecular complexity index is 3010. The number of nitrogens with zero attached hydrogens (tertiary/aromatic N) is 2. The molecule has 0 bridgehead atoms. The minimum atomic E-state index is -1.13. The van der Waals surface area contributed by atoms with E-state index in [4.69, 9.17) is 47.4 Å². The molecule has 0 N–H and O–H groups in total. The van der Waals surface area contributed by atoms with E-state index in [1.165, 1.54) is 0 Å². The zero-order valence-electron chi connectivity index (χ0n) is 49.7. The molecule has 2 aliphatic heterocycles. The molecular weight excluding hydrogens is 1060 g/mol. The maximum atomic E-state index is 14.6. The van der Waals surface area contributed by atoms with Crippen molar-refractivity contribution in [3.05, 3.63) is 166 Å². The van der Waals surface area contributed by atoms with Crippen LogP contribution in [0.2, 0.25) is 0 Å². The molecule has 2 aliphatic rings.